The van der Waals surface area contributed by atoms with Gasteiger partial charge in [0.25, 0.3) is 0 Å². The van der Waals surface area contributed by atoms with Gasteiger partial charge in [0.05, 0.1) is 9.89 Å². The summed E-state index contributed by atoms with van der Waals surface area (Å²) in [6, 6.07) is 4.44. The summed E-state index contributed by atoms with van der Waals surface area (Å²) in [4.78, 5) is 1.28. The van der Waals surface area contributed by atoms with E-state index >= 15 is 0 Å². The first-order chi connectivity index (χ1) is 6.09. The molecule has 0 aliphatic carbocycles. The summed E-state index contributed by atoms with van der Waals surface area (Å²) in [6.07, 6.45) is -0.286. The minimum absolute atomic E-state index is 0.286. The highest BCUT2D eigenvalue weighted by Gasteiger charge is 2.07. The van der Waals surface area contributed by atoms with Crippen LogP contribution in [0.1, 0.15) is 24.8 Å². The van der Waals surface area contributed by atoms with Crippen molar-refractivity contribution in [3.63, 3.8) is 0 Å². The zero-order chi connectivity index (χ0) is 9.84. The average molecular weight is 264 g/mol. The van der Waals surface area contributed by atoms with Gasteiger partial charge in [-0.3, -0.25) is 0 Å². The number of thiophene rings is 1. The van der Waals surface area contributed by atoms with Gasteiger partial charge in [-0.1, -0.05) is 0 Å². The molecule has 0 amide bonds. The van der Waals surface area contributed by atoms with Gasteiger partial charge in [-0.2, -0.15) is 0 Å². The smallest absolute Gasteiger partial charge is 0.0701 e. The lowest BCUT2D eigenvalue weighted by molar-refractivity contribution is 0.187. The Kier molecular flexibility index (Phi) is 4.38. The monoisotopic (exact) mass is 263 g/mol. The maximum atomic E-state index is 9.09. The van der Waals surface area contributed by atoms with Crippen molar-refractivity contribution < 1.29 is 5.11 Å². The van der Waals surface area contributed by atoms with E-state index < -0.39 is 0 Å². The van der Waals surface area contributed by atoms with Crippen molar-refractivity contribution in [1.29, 1.82) is 0 Å². The number of aliphatic hydroxyl groups excluding tert-OH is 1. The summed E-state index contributed by atoms with van der Waals surface area (Å²) in [5.41, 5.74) is 0. The summed E-state index contributed by atoms with van der Waals surface area (Å²) in [7, 11) is 0. The summed E-state index contributed by atoms with van der Waals surface area (Å²) < 4.78 is 1.15. The molecular weight excluding hydrogens is 250 g/mol. The van der Waals surface area contributed by atoms with E-state index in [1.807, 2.05) is 6.07 Å². The second-order valence-corrected chi connectivity index (χ2v) is 5.62. The largest absolute Gasteiger partial charge is 0.392 e. The molecule has 1 heterocycles. The Bertz CT molecular complexity index is 262. The van der Waals surface area contributed by atoms with Crippen molar-refractivity contribution >= 4 is 27.3 Å². The van der Waals surface area contributed by atoms with Crippen LogP contribution in [0, 0.1) is 0 Å². The molecule has 1 aromatic heterocycles. The Morgan fingerprint density at radius 1 is 1.54 bits per heavy atom. The van der Waals surface area contributed by atoms with Crippen molar-refractivity contribution in [3.8, 4) is 0 Å². The quantitative estimate of drug-likeness (QED) is 0.876. The normalized spacial score (nSPS) is 15.7. The minimum atomic E-state index is -0.286. The zero-order valence-corrected chi connectivity index (χ0v) is 10.2. The molecule has 2 N–H and O–H groups in total. The van der Waals surface area contributed by atoms with E-state index in [-0.39, 0.29) is 6.10 Å². The molecule has 0 saturated heterocycles. The topological polar surface area (TPSA) is 32.3 Å². The molecule has 74 valence electrons. The van der Waals surface area contributed by atoms with Crippen molar-refractivity contribution in [1.82, 2.24) is 5.32 Å². The highest BCUT2D eigenvalue weighted by Crippen LogP contribution is 2.26. The van der Waals surface area contributed by atoms with Crippen LogP contribution in [0.25, 0.3) is 0 Å². The molecule has 0 fully saturated rings. The zero-order valence-electron chi connectivity index (χ0n) is 7.75. The minimum Gasteiger partial charge on any atom is -0.392 e. The number of rotatable bonds is 4. The molecule has 4 heteroatoms. The molecule has 0 aliphatic heterocycles. The number of halogens is 1. The molecule has 0 radical (unpaired) electrons. The Hall–Kier alpha value is 0.1000. The second-order valence-electron chi connectivity index (χ2n) is 3.12. The van der Waals surface area contributed by atoms with E-state index in [0.717, 1.165) is 3.79 Å². The Balaban J connectivity index is 2.44. The number of hydrogen-bond acceptors (Lipinski definition) is 3. The molecule has 1 aromatic rings. The van der Waals surface area contributed by atoms with Gasteiger partial charge >= 0.3 is 0 Å². The second kappa shape index (κ2) is 5.10. The lowest BCUT2D eigenvalue weighted by Gasteiger charge is -2.13. The third-order valence-electron chi connectivity index (χ3n) is 1.74. The van der Waals surface area contributed by atoms with E-state index in [0.29, 0.717) is 12.6 Å². The molecule has 13 heavy (non-hydrogen) atoms. The summed E-state index contributed by atoms with van der Waals surface area (Å²) in [5.74, 6) is 0. The van der Waals surface area contributed by atoms with E-state index in [1.54, 1.807) is 18.3 Å². The van der Waals surface area contributed by atoms with Gasteiger partial charge in [0.15, 0.2) is 0 Å². The fourth-order valence-electron chi connectivity index (χ4n) is 1.01. The SMILES string of the molecule is C[C@H](NC[C@@H](C)O)c1ccc(Br)s1. The van der Waals surface area contributed by atoms with Crippen LogP contribution in [0.2, 0.25) is 0 Å². The highest BCUT2D eigenvalue weighted by molar-refractivity contribution is 9.11. The van der Waals surface area contributed by atoms with Gasteiger partial charge in [-0.25, -0.2) is 0 Å². The van der Waals surface area contributed by atoms with Gasteiger partial charge in [0.2, 0.25) is 0 Å². The fraction of sp³-hybridized carbons (Fsp3) is 0.556. The predicted octanol–water partition coefficient (Wildman–Crippen LogP) is 2.54. The predicted molar refractivity (Wildman–Crippen MR) is 60.1 cm³/mol. The number of hydrogen-bond donors (Lipinski definition) is 2. The first-order valence-corrected chi connectivity index (χ1v) is 5.87. The fourth-order valence-corrected chi connectivity index (χ4v) is 2.46. The molecule has 0 spiro atoms. The van der Waals surface area contributed by atoms with Gasteiger partial charge in [0, 0.05) is 17.5 Å². The summed E-state index contributed by atoms with van der Waals surface area (Å²) in [6.45, 7) is 4.52. The van der Waals surface area contributed by atoms with Crippen LogP contribution in [0.15, 0.2) is 15.9 Å². The maximum absolute atomic E-state index is 9.09. The van der Waals surface area contributed by atoms with Crippen molar-refractivity contribution in [2.75, 3.05) is 6.54 Å². The van der Waals surface area contributed by atoms with Crippen molar-refractivity contribution in [2.24, 2.45) is 0 Å². The maximum Gasteiger partial charge on any atom is 0.0701 e. The number of nitrogens with one attached hydrogen (secondary N) is 1. The third-order valence-corrected chi connectivity index (χ3v) is 3.55. The highest BCUT2D eigenvalue weighted by atomic mass is 79.9. The molecule has 2 nitrogen and oxygen atoms in total. The first-order valence-electron chi connectivity index (χ1n) is 4.26. The Morgan fingerprint density at radius 3 is 2.69 bits per heavy atom. The average Bonchev–Trinajstić information content (AvgIpc) is 2.47. The molecule has 2 atom stereocenters. The van der Waals surface area contributed by atoms with Crippen molar-refractivity contribution in [2.45, 2.75) is 26.0 Å². The first kappa shape index (κ1) is 11.2. The lowest BCUT2D eigenvalue weighted by atomic mass is 10.2. The molecule has 0 saturated carbocycles. The van der Waals surface area contributed by atoms with Crippen LogP contribution < -0.4 is 5.32 Å². The van der Waals surface area contributed by atoms with E-state index in [4.69, 9.17) is 5.11 Å². The lowest BCUT2D eigenvalue weighted by Crippen LogP contribution is -2.26. The van der Waals surface area contributed by atoms with Crippen LogP contribution in [0.4, 0.5) is 0 Å². The molecule has 0 aliphatic rings. The van der Waals surface area contributed by atoms with Crippen molar-refractivity contribution in [3.05, 3.63) is 20.8 Å². The van der Waals surface area contributed by atoms with E-state index in [9.17, 15) is 0 Å². The molecular formula is C9H14BrNOS. The van der Waals surface area contributed by atoms with Crippen LogP contribution in [-0.4, -0.2) is 17.8 Å². The van der Waals surface area contributed by atoms with Crippen LogP contribution in [-0.2, 0) is 0 Å². The third kappa shape index (κ3) is 3.77. The summed E-state index contributed by atoms with van der Waals surface area (Å²) >= 11 is 5.14. The molecule has 1 rings (SSSR count). The van der Waals surface area contributed by atoms with Gasteiger partial charge in [0.1, 0.15) is 0 Å². The Morgan fingerprint density at radius 2 is 2.23 bits per heavy atom. The van der Waals surface area contributed by atoms with Crippen LogP contribution in [0.5, 0.6) is 0 Å². The number of aliphatic hydroxyl groups is 1. The van der Waals surface area contributed by atoms with Gasteiger partial charge in [-0.15, -0.1) is 11.3 Å². The Labute approximate surface area is 91.1 Å². The van der Waals surface area contributed by atoms with Crippen LogP contribution in [0.3, 0.4) is 0 Å². The molecule has 0 aromatic carbocycles. The van der Waals surface area contributed by atoms with Gasteiger partial charge < -0.3 is 10.4 Å². The van der Waals surface area contributed by atoms with Gasteiger partial charge in [-0.05, 0) is 41.9 Å². The van der Waals surface area contributed by atoms with Crippen LogP contribution >= 0.6 is 27.3 Å². The van der Waals surface area contributed by atoms with E-state index in [1.165, 1.54) is 4.88 Å². The summed E-state index contributed by atoms with van der Waals surface area (Å²) in [5, 5.41) is 12.3. The molecule has 0 unspecified atom stereocenters. The standard InChI is InChI=1S/C9H14BrNOS/c1-6(12)5-11-7(2)8-3-4-9(10)13-8/h3-4,6-7,11-12H,5H2,1-2H3/t6-,7+/m1/s1. The molecule has 0 bridgehead atoms. The van der Waals surface area contributed by atoms with E-state index in [2.05, 4.69) is 34.2 Å².